The van der Waals surface area contributed by atoms with E-state index in [1.54, 1.807) is 19.8 Å². The topological polar surface area (TPSA) is 40.5 Å². The van der Waals surface area contributed by atoms with Crippen molar-refractivity contribution in [3.05, 3.63) is 63.7 Å². The average molecular weight is 260 g/mol. The standard InChI is InChI=1S/C8H11O2.C5H5.Fe/c1-8(10,6-9)7-4-2-3-5-7;1-2-4-5-3-1;/h2-5,9-10H,6H2,1H3;1-5H;/q;;+2/t8-;;/m1../s1. The van der Waals surface area contributed by atoms with Crippen molar-refractivity contribution >= 4 is 0 Å². The molecule has 1 atom stereocenters. The van der Waals surface area contributed by atoms with Crippen LogP contribution in [0, 0.1) is 63.7 Å². The van der Waals surface area contributed by atoms with Crippen LogP contribution in [0.4, 0.5) is 0 Å². The zero-order valence-electron chi connectivity index (χ0n) is 9.15. The summed E-state index contributed by atoms with van der Waals surface area (Å²) >= 11 is 0. The van der Waals surface area contributed by atoms with Crippen molar-refractivity contribution in [3.63, 3.8) is 0 Å². The van der Waals surface area contributed by atoms with Crippen molar-refractivity contribution in [2.75, 3.05) is 6.61 Å². The summed E-state index contributed by atoms with van der Waals surface area (Å²) in [5.41, 5.74) is -1.08. The summed E-state index contributed by atoms with van der Waals surface area (Å²) in [6, 6.07) is 0. The van der Waals surface area contributed by atoms with Crippen molar-refractivity contribution in [3.8, 4) is 0 Å². The molecule has 0 aromatic heterocycles. The maximum absolute atomic E-state index is 9.43. The molecule has 10 radical (unpaired) electrons. The van der Waals surface area contributed by atoms with Crippen molar-refractivity contribution in [1.82, 2.24) is 0 Å². The Hall–Kier alpha value is 0.439. The molecule has 2 nitrogen and oxygen atoms in total. The molecule has 2 rings (SSSR count). The van der Waals surface area contributed by atoms with Crippen molar-refractivity contribution in [2.24, 2.45) is 0 Å². The number of rotatable bonds is 2. The Morgan fingerprint density at radius 1 is 0.938 bits per heavy atom. The summed E-state index contributed by atoms with van der Waals surface area (Å²) < 4.78 is 0. The smallest absolute Gasteiger partial charge is 0.393 e. The quantitative estimate of drug-likeness (QED) is 0.731. The van der Waals surface area contributed by atoms with Crippen LogP contribution < -0.4 is 0 Å². The van der Waals surface area contributed by atoms with E-state index in [0.717, 1.165) is 5.92 Å². The largest absolute Gasteiger partial charge is 2.00 e. The van der Waals surface area contributed by atoms with Crippen LogP contribution in [-0.4, -0.2) is 22.4 Å². The Bertz CT molecular complexity index is 154. The molecule has 0 bridgehead atoms. The van der Waals surface area contributed by atoms with Gasteiger partial charge >= 0.3 is 17.1 Å². The molecule has 2 saturated carbocycles. The van der Waals surface area contributed by atoms with Gasteiger partial charge in [0.25, 0.3) is 0 Å². The normalized spacial score (nSPS) is 24.2. The molecular weight excluding hydrogens is 244 g/mol. The third-order valence-corrected chi connectivity index (χ3v) is 2.15. The predicted molar refractivity (Wildman–Crippen MR) is 59.7 cm³/mol. The number of aliphatic hydroxyl groups is 2. The van der Waals surface area contributed by atoms with E-state index < -0.39 is 5.60 Å². The van der Waals surface area contributed by atoms with Crippen molar-refractivity contribution < 1.29 is 27.3 Å². The van der Waals surface area contributed by atoms with Crippen LogP contribution in [0.5, 0.6) is 0 Å². The molecular formula is C13H16FeO2+2. The van der Waals surface area contributed by atoms with Gasteiger partial charge in [0, 0.05) is 5.92 Å². The van der Waals surface area contributed by atoms with Crippen LogP contribution in [0.25, 0.3) is 0 Å². The maximum atomic E-state index is 9.43. The summed E-state index contributed by atoms with van der Waals surface area (Å²) in [7, 11) is 0. The van der Waals surface area contributed by atoms with Gasteiger partial charge < -0.3 is 10.2 Å². The molecule has 16 heavy (non-hydrogen) atoms. The minimum Gasteiger partial charge on any atom is -0.393 e. The third-order valence-electron chi connectivity index (χ3n) is 2.15. The summed E-state index contributed by atoms with van der Waals surface area (Å²) in [6.45, 7) is 1.35. The fourth-order valence-electron chi connectivity index (χ4n) is 1.15. The molecule has 2 fully saturated rings. The summed E-state index contributed by atoms with van der Waals surface area (Å²) in [5, 5.41) is 18.1. The van der Waals surface area contributed by atoms with Gasteiger partial charge in [-0.1, -0.05) is 0 Å². The maximum Gasteiger partial charge on any atom is 2.00 e. The van der Waals surface area contributed by atoms with Gasteiger partial charge in [0.05, 0.1) is 12.2 Å². The second kappa shape index (κ2) is 8.52. The van der Waals surface area contributed by atoms with Gasteiger partial charge in [0.1, 0.15) is 0 Å². The monoisotopic (exact) mass is 260 g/mol. The molecule has 2 N–H and O–H groups in total. The van der Waals surface area contributed by atoms with E-state index in [9.17, 15) is 5.11 Å². The van der Waals surface area contributed by atoms with Gasteiger partial charge in [-0.25, -0.2) is 0 Å². The van der Waals surface area contributed by atoms with Gasteiger partial charge in [0.15, 0.2) is 0 Å². The van der Waals surface area contributed by atoms with Crippen LogP contribution in [0.1, 0.15) is 6.92 Å². The Morgan fingerprint density at radius 3 is 1.62 bits per heavy atom. The molecule has 2 aliphatic carbocycles. The van der Waals surface area contributed by atoms with E-state index >= 15 is 0 Å². The first-order valence-corrected chi connectivity index (χ1v) is 4.89. The van der Waals surface area contributed by atoms with E-state index in [1.807, 2.05) is 44.9 Å². The molecule has 86 valence electrons. The second-order valence-electron chi connectivity index (χ2n) is 3.57. The Morgan fingerprint density at radius 2 is 1.31 bits per heavy atom. The summed E-state index contributed by atoms with van der Waals surface area (Å²) in [5.74, 6) is 0.759. The fraction of sp³-hybridized carbons (Fsp3) is 0.231. The minimum atomic E-state index is -1.08. The van der Waals surface area contributed by atoms with E-state index in [0.29, 0.717) is 0 Å². The first-order valence-electron chi connectivity index (χ1n) is 4.89. The zero-order valence-corrected chi connectivity index (χ0v) is 10.3. The third kappa shape index (κ3) is 5.67. The van der Waals surface area contributed by atoms with Crippen LogP contribution >= 0.6 is 0 Å². The van der Waals surface area contributed by atoms with Crippen molar-refractivity contribution in [1.29, 1.82) is 0 Å². The Balaban J connectivity index is 0.000000318. The van der Waals surface area contributed by atoms with Gasteiger partial charge in [-0.15, -0.1) is 0 Å². The van der Waals surface area contributed by atoms with Gasteiger partial charge in [0.2, 0.25) is 0 Å². The molecule has 0 amide bonds. The molecule has 0 spiro atoms. The second-order valence-corrected chi connectivity index (χ2v) is 3.57. The molecule has 0 heterocycles. The summed E-state index contributed by atoms with van der Waals surface area (Å²) in [6.07, 6.45) is 17.2. The zero-order chi connectivity index (χ0) is 11.1. The molecule has 2 aliphatic rings. The predicted octanol–water partition coefficient (Wildman–Crippen LogP) is 1.15. The van der Waals surface area contributed by atoms with Gasteiger partial charge in [-0.05, 0) is 64.7 Å². The van der Waals surface area contributed by atoms with Crippen LogP contribution in [0.3, 0.4) is 0 Å². The molecule has 0 saturated heterocycles. The molecule has 3 heteroatoms. The van der Waals surface area contributed by atoms with Crippen LogP contribution in [-0.2, 0) is 17.1 Å². The van der Waals surface area contributed by atoms with Gasteiger partial charge in [-0.3, -0.25) is 0 Å². The minimum absolute atomic E-state index is 0. The number of hydrogen-bond acceptors (Lipinski definition) is 2. The number of hydrogen-bond donors (Lipinski definition) is 2. The molecule has 0 aliphatic heterocycles. The van der Waals surface area contributed by atoms with E-state index in [-0.39, 0.29) is 23.7 Å². The van der Waals surface area contributed by atoms with Crippen molar-refractivity contribution in [2.45, 2.75) is 12.5 Å². The molecule has 0 aromatic carbocycles. The van der Waals surface area contributed by atoms with Gasteiger partial charge in [-0.2, -0.15) is 0 Å². The first kappa shape index (κ1) is 16.4. The van der Waals surface area contributed by atoms with E-state index in [2.05, 4.69) is 0 Å². The summed E-state index contributed by atoms with van der Waals surface area (Å²) in [4.78, 5) is 0. The average Bonchev–Trinajstić information content (AvgIpc) is 2.93. The SMILES string of the molecule is C[C@@](O)(CO)[C]1[CH][CH][CH][CH]1.[CH]1[CH][CH][CH][CH]1.[Fe+2]. The fourth-order valence-corrected chi connectivity index (χ4v) is 1.15. The van der Waals surface area contributed by atoms with E-state index in [4.69, 9.17) is 5.11 Å². The number of aliphatic hydroxyl groups excluding tert-OH is 1. The Kier molecular flexibility index (Phi) is 8.75. The molecule has 0 aromatic rings. The van der Waals surface area contributed by atoms with E-state index in [1.165, 1.54) is 0 Å². The molecule has 0 unspecified atom stereocenters. The first-order chi connectivity index (χ1) is 7.17. The Labute approximate surface area is 110 Å². The van der Waals surface area contributed by atoms with Crippen LogP contribution in [0.2, 0.25) is 0 Å². The van der Waals surface area contributed by atoms with Crippen LogP contribution in [0.15, 0.2) is 0 Å².